The van der Waals surface area contributed by atoms with Crippen LogP contribution < -0.4 is 10.1 Å². The Labute approximate surface area is 88.3 Å². The van der Waals surface area contributed by atoms with E-state index >= 15 is 0 Å². The van der Waals surface area contributed by atoms with Crippen LogP contribution in [-0.2, 0) is 0 Å². The number of benzene rings is 1. The highest BCUT2D eigenvalue weighted by Crippen LogP contribution is 2.17. The first-order chi connectivity index (χ1) is 7.02. The van der Waals surface area contributed by atoms with E-state index in [0.717, 1.165) is 6.07 Å². The average Bonchev–Trinajstić information content (AvgIpc) is 2.14. The van der Waals surface area contributed by atoms with E-state index in [-0.39, 0.29) is 17.9 Å². The van der Waals surface area contributed by atoms with Crippen LogP contribution in [0.3, 0.4) is 0 Å². The van der Waals surface area contributed by atoms with Gasteiger partial charge in [-0.2, -0.15) is 0 Å². The van der Waals surface area contributed by atoms with Crippen molar-refractivity contribution < 1.29 is 13.5 Å². The molecule has 2 nitrogen and oxygen atoms in total. The third kappa shape index (κ3) is 3.47. The number of rotatable bonds is 4. The summed E-state index contributed by atoms with van der Waals surface area (Å²) in [6.07, 6.45) is -0.156. The summed E-state index contributed by atoms with van der Waals surface area (Å²) >= 11 is 0. The van der Waals surface area contributed by atoms with Gasteiger partial charge in [0.1, 0.15) is 23.5 Å². The summed E-state index contributed by atoms with van der Waals surface area (Å²) in [5.74, 6) is -1.05. The number of ether oxygens (including phenoxy) is 1. The molecule has 0 radical (unpaired) electrons. The summed E-state index contributed by atoms with van der Waals surface area (Å²) in [4.78, 5) is 0. The summed E-state index contributed by atoms with van der Waals surface area (Å²) in [5, 5.41) is 3.00. The zero-order valence-electron chi connectivity index (χ0n) is 9.05. The Morgan fingerprint density at radius 2 is 1.67 bits per heavy atom. The van der Waals surface area contributed by atoms with Gasteiger partial charge in [0.2, 0.25) is 0 Å². The normalized spacial score (nSPS) is 14.7. The van der Waals surface area contributed by atoms with Crippen LogP contribution in [0.25, 0.3) is 0 Å². The molecule has 0 heterocycles. The smallest absolute Gasteiger partial charge is 0.129 e. The second-order valence-electron chi connectivity index (χ2n) is 3.51. The van der Waals surface area contributed by atoms with Gasteiger partial charge >= 0.3 is 0 Å². The van der Waals surface area contributed by atoms with Gasteiger partial charge in [-0.05, 0) is 20.9 Å². The number of hydrogen-bond acceptors (Lipinski definition) is 2. The molecular formula is C11H15F2NO. The zero-order valence-corrected chi connectivity index (χ0v) is 9.05. The first-order valence-electron chi connectivity index (χ1n) is 4.83. The van der Waals surface area contributed by atoms with E-state index in [2.05, 4.69) is 5.32 Å². The number of likely N-dealkylation sites (N-methyl/N-ethyl adjacent to an activating group) is 1. The van der Waals surface area contributed by atoms with Crippen LogP contribution in [0.5, 0.6) is 5.75 Å². The molecule has 0 aromatic heterocycles. The van der Waals surface area contributed by atoms with Crippen molar-refractivity contribution in [3.8, 4) is 5.75 Å². The van der Waals surface area contributed by atoms with Gasteiger partial charge < -0.3 is 10.1 Å². The van der Waals surface area contributed by atoms with Crippen molar-refractivity contribution in [3.05, 3.63) is 29.8 Å². The third-order valence-electron chi connectivity index (χ3n) is 2.32. The van der Waals surface area contributed by atoms with Crippen molar-refractivity contribution in [1.82, 2.24) is 5.32 Å². The van der Waals surface area contributed by atoms with Gasteiger partial charge in [0.25, 0.3) is 0 Å². The topological polar surface area (TPSA) is 21.3 Å². The van der Waals surface area contributed by atoms with E-state index in [0.29, 0.717) is 0 Å². The lowest BCUT2D eigenvalue weighted by atomic mass is 10.2. The monoisotopic (exact) mass is 215 g/mol. The Hall–Kier alpha value is -1.16. The molecule has 0 amide bonds. The molecule has 0 saturated heterocycles. The van der Waals surface area contributed by atoms with Crippen LogP contribution in [0.15, 0.2) is 18.2 Å². The predicted octanol–water partition coefficient (Wildman–Crippen LogP) is 2.34. The minimum Gasteiger partial charge on any atom is -0.489 e. The molecule has 15 heavy (non-hydrogen) atoms. The minimum absolute atomic E-state index is 0.108. The number of halogens is 2. The Morgan fingerprint density at radius 1 is 1.13 bits per heavy atom. The molecule has 1 aromatic rings. The standard InChI is InChI=1S/C11H15F2NO/c1-7(14-3)8(2)15-11-5-9(12)4-10(13)6-11/h4-8,14H,1-3H3. The third-order valence-corrected chi connectivity index (χ3v) is 2.32. The van der Waals surface area contributed by atoms with Crippen molar-refractivity contribution in [2.75, 3.05) is 7.05 Å². The summed E-state index contributed by atoms with van der Waals surface area (Å²) < 4.78 is 31.0. The van der Waals surface area contributed by atoms with Crippen LogP contribution in [0, 0.1) is 11.6 Å². The molecule has 1 N–H and O–H groups in total. The highest BCUT2D eigenvalue weighted by atomic mass is 19.1. The molecule has 0 aliphatic carbocycles. The van der Waals surface area contributed by atoms with Gasteiger partial charge in [0, 0.05) is 24.2 Å². The van der Waals surface area contributed by atoms with E-state index < -0.39 is 11.6 Å². The number of hydrogen-bond donors (Lipinski definition) is 1. The summed E-state index contributed by atoms with van der Waals surface area (Å²) in [5.41, 5.74) is 0. The molecule has 0 saturated carbocycles. The fraction of sp³-hybridized carbons (Fsp3) is 0.455. The SMILES string of the molecule is CNC(C)C(C)Oc1cc(F)cc(F)c1. The largest absolute Gasteiger partial charge is 0.489 e. The van der Waals surface area contributed by atoms with E-state index in [1.165, 1.54) is 12.1 Å². The van der Waals surface area contributed by atoms with E-state index in [1.54, 1.807) is 7.05 Å². The molecule has 1 rings (SSSR count). The maximum atomic E-state index is 12.8. The lowest BCUT2D eigenvalue weighted by molar-refractivity contribution is 0.181. The highest BCUT2D eigenvalue weighted by molar-refractivity contribution is 5.24. The molecule has 84 valence electrons. The van der Waals surface area contributed by atoms with E-state index in [1.807, 2.05) is 13.8 Å². The van der Waals surface area contributed by atoms with Crippen LogP contribution >= 0.6 is 0 Å². The fourth-order valence-corrected chi connectivity index (χ4v) is 1.15. The Balaban J connectivity index is 2.72. The molecule has 2 atom stereocenters. The van der Waals surface area contributed by atoms with Gasteiger partial charge in [-0.25, -0.2) is 8.78 Å². The Bertz CT molecular complexity index is 310. The van der Waals surface area contributed by atoms with Crippen LogP contribution in [0.4, 0.5) is 8.78 Å². The molecule has 2 unspecified atom stereocenters. The van der Waals surface area contributed by atoms with Crippen LogP contribution in [0.1, 0.15) is 13.8 Å². The second kappa shape index (κ2) is 5.07. The van der Waals surface area contributed by atoms with E-state index in [9.17, 15) is 8.78 Å². The molecule has 0 aliphatic rings. The van der Waals surface area contributed by atoms with Gasteiger partial charge in [0.05, 0.1) is 0 Å². The highest BCUT2D eigenvalue weighted by Gasteiger charge is 2.12. The average molecular weight is 215 g/mol. The Kier molecular flexibility index (Phi) is 4.03. The second-order valence-corrected chi connectivity index (χ2v) is 3.51. The first kappa shape index (κ1) is 11.9. The first-order valence-corrected chi connectivity index (χ1v) is 4.83. The molecule has 0 spiro atoms. The molecular weight excluding hydrogens is 200 g/mol. The fourth-order valence-electron chi connectivity index (χ4n) is 1.15. The quantitative estimate of drug-likeness (QED) is 0.832. The zero-order chi connectivity index (χ0) is 11.4. The lowest BCUT2D eigenvalue weighted by Crippen LogP contribution is -2.36. The summed E-state index contributed by atoms with van der Waals surface area (Å²) in [6, 6.07) is 3.26. The summed E-state index contributed by atoms with van der Waals surface area (Å²) in [6.45, 7) is 3.77. The van der Waals surface area contributed by atoms with Gasteiger partial charge in [-0.15, -0.1) is 0 Å². The molecule has 0 fully saturated rings. The van der Waals surface area contributed by atoms with E-state index in [4.69, 9.17) is 4.74 Å². The molecule has 4 heteroatoms. The lowest BCUT2D eigenvalue weighted by Gasteiger charge is -2.20. The molecule has 0 bridgehead atoms. The predicted molar refractivity (Wildman–Crippen MR) is 55.0 cm³/mol. The van der Waals surface area contributed by atoms with Crippen molar-refractivity contribution in [2.24, 2.45) is 0 Å². The maximum absolute atomic E-state index is 12.8. The molecule has 0 aliphatic heterocycles. The van der Waals surface area contributed by atoms with Crippen LogP contribution in [0.2, 0.25) is 0 Å². The minimum atomic E-state index is -0.630. The Morgan fingerprint density at radius 3 is 2.13 bits per heavy atom. The van der Waals surface area contributed by atoms with Gasteiger partial charge in [-0.3, -0.25) is 0 Å². The van der Waals surface area contributed by atoms with Crippen molar-refractivity contribution in [1.29, 1.82) is 0 Å². The van der Waals surface area contributed by atoms with Crippen LogP contribution in [-0.4, -0.2) is 19.2 Å². The van der Waals surface area contributed by atoms with Crippen molar-refractivity contribution in [2.45, 2.75) is 26.0 Å². The number of nitrogens with one attached hydrogen (secondary N) is 1. The molecule has 1 aromatic carbocycles. The van der Waals surface area contributed by atoms with Gasteiger partial charge in [0.15, 0.2) is 0 Å². The van der Waals surface area contributed by atoms with Gasteiger partial charge in [-0.1, -0.05) is 0 Å². The maximum Gasteiger partial charge on any atom is 0.129 e. The van der Waals surface area contributed by atoms with Crippen molar-refractivity contribution >= 4 is 0 Å². The van der Waals surface area contributed by atoms with Crippen molar-refractivity contribution in [3.63, 3.8) is 0 Å². The summed E-state index contributed by atoms with van der Waals surface area (Å²) in [7, 11) is 1.80.